The van der Waals surface area contributed by atoms with E-state index in [0.717, 1.165) is 48.8 Å². The topological polar surface area (TPSA) is 121 Å². The molecule has 18 heteroatoms. The second-order valence-electron chi connectivity index (χ2n) is 7.15. The Morgan fingerprint density at radius 2 is 1.49 bits per heavy atom. The van der Waals surface area contributed by atoms with E-state index in [2.05, 4.69) is 9.97 Å². The second kappa shape index (κ2) is 15.8. The van der Waals surface area contributed by atoms with Gasteiger partial charge >= 0.3 is 23.9 Å². The van der Waals surface area contributed by atoms with Gasteiger partial charge in [0.2, 0.25) is 0 Å². The monoisotopic (exact) mass is 787 g/mol. The lowest BCUT2D eigenvalue weighted by molar-refractivity contribution is -0.606. The lowest BCUT2D eigenvalue weighted by Gasteiger charge is -2.05. The van der Waals surface area contributed by atoms with Crippen molar-refractivity contribution < 1.29 is 134 Å². The first-order chi connectivity index (χ1) is 46.7. The maximum atomic E-state index is 12.0. The molecule has 1 amide bonds. The van der Waals surface area contributed by atoms with Crippen LogP contribution in [0.2, 0.25) is 0 Å². The summed E-state index contributed by atoms with van der Waals surface area (Å²) in [7, 11) is 3.19. The molecule has 278 valence electrons. The normalized spacial score (nSPS) is 16.0. The molecule has 0 radical (unpaired) electrons. The van der Waals surface area contributed by atoms with Gasteiger partial charge in [-0.05, 0) is 41.9 Å². The second-order valence-corrected chi connectivity index (χ2v) is 7.47. The number of hydrogen-bond donors (Lipinski definition) is 0. The number of amides is 1. The number of nitrogens with zero attached hydrogens (tertiary/aromatic N) is 6. The van der Waals surface area contributed by atoms with Gasteiger partial charge in [0.1, 0.15) is 23.4 Å². The number of hydrogen-bond acceptors (Lipinski definition) is 6. The van der Waals surface area contributed by atoms with E-state index < -0.39 is 46.3 Å². The van der Waals surface area contributed by atoms with Crippen molar-refractivity contribution in [2.75, 3.05) is 14.1 Å². The van der Waals surface area contributed by atoms with Crippen LogP contribution < -0.4 is 4.73 Å². The molecule has 0 aromatic carbocycles. The molecule has 0 saturated carbocycles. The van der Waals surface area contributed by atoms with Crippen molar-refractivity contribution in [2.24, 2.45) is 0 Å². The van der Waals surface area contributed by atoms with Gasteiger partial charge in [-0.1, -0.05) is 0 Å². The van der Waals surface area contributed by atoms with Crippen LogP contribution >= 0.6 is 11.6 Å². The third-order valence-corrected chi connectivity index (χ3v) is 4.22. The van der Waals surface area contributed by atoms with E-state index in [1.54, 1.807) is 20.2 Å². The highest BCUT2D eigenvalue weighted by molar-refractivity contribution is 6.62. The third kappa shape index (κ3) is 14.4. The minimum Gasteiger partial charge on any atom is -0.619 e. The quantitative estimate of drug-likeness (QED) is 0.0735. The van der Waals surface area contributed by atoms with Crippen molar-refractivity contribution in [3.8, 4) is 12.1 Å². The van der Waals surface area contributed by atoms with Gasteiger partial charge < -0.3 is 10.1 Å². The molecule has 3 aromatic heterocycles. The van der Waals surface area contributed by atoms with Crippen LogP contribution in [0.3, 0.4) is 0 Å². The minimum absolute atomic E-state index is 0. The number of halogens is 10. The van der Waals surface area contributed by atoms with Gasteiger partial charge in [-0.25, -0.2) is 9.97 Å². The number of rotatable bonds is 0. The van der Waals surface area contributed by atoms with Crippen molar-refractivity contribution in [3.05, 3.63) is 94.5 Å². The summed E-state index contributed by atoms with van der Waals surface area (Å²) in [5.74, 6) is 0. The number of pyridine rings is 3. The fourth-order valence-corrected chi connectivity index (χ4v) is 1.97. The summed E-state index contributed by atoms with van der Waals surface area (Å²) in [6, 6.07) is 8.71. The van der Waals surface area contributed by atoms with Crippen molar-refractivity contribution in [1.82, 2.24) is 14.9 Å². The van der Waals surface area contributed by atoms with E-state index >= 15 is 0 Å². The Kier molecular flexibility index (Phi) is 4.37. The Balaban J connectivity index is -0.0000000183. The Bertz CT molecular complexity index is 1440. The van der Waals surface area contributed by atoms with Crippen LogP contribution in [0.1, 0.15) is 113 Å². The molecule has 41 heavy (non-hydrogen) atoms. The van der Waals surface area contributed by atoms with E-state index in [0.29, 0.717) is 12.4 Å². The number of alkyl halides is 9. The van der Waals surface area contributed by atoms with Gasteiger partial charge in [-0.3, -0.25) is 4.79 Å². The summed E-state index contributed by atoms with van der Waals surface area (Å²) in [4.78, 5) is 17.7. The van der Waals surface area contributed by atoms with Crippen LogP contribution in [-0.4, -0.2) is 34.3 Å². The smallest absolute Gasteiger partial charge is 0.422 e. The SMILES string of the molecule is CN(C)C(=O)Cl.N#Cc1ccc(C(F)(F)F)cn1.N#Cc1ncccc1C(F)(F)F.[3HH].[3H][3H].[3H][3H].[3H][3H].[3H][3H].[3H][3H].[3H][3H].[3H][3H].[3H][3H].[3H][3H].[3H][3H].[3H][3H].[3H][3H].[3H][3H].[3H][3H].[3H][3H].[3H][3H].[3H][3H].[3H][3H].[3H][3H].[3H][3H].[3H][3H].[3H][3H].[3H][3H].[3H][3H].[3H][3H].[3H][3H].[3H][3H].[3H][3H].[O-][n+]1cccc(C(F)(F)F)c1. The molecule has 0 unspecified atom stereocenters. The van der Waals surface area contributed by atoms with Gasteiger partial charge in [0.15, 0.2) is 18.1 Å². The largest absolute Gasteiger partial charge is 0.619 e. The molecule has 3 heterocycles. The Hall–Kier alpha value is -4.64. The Morgan fingerprint density at radius 3 is 1.80 bits per heavy atom. The molecule has 3 aromatic rings. The predicted octanol–water partition coefficient (Wildman–Crippen LogP) is 13.3. The molecular formula is C23H74ClF9N6O2. The van der Waals surface area contributed by atoms with E-state index in [1.807, 2.05) is 0 Å². The molecule has 0 bridgehead atoms. The molecule has 0 saturated heterocycles. The Labute approximate surface area is 318 Å². The van der Waals surface area contributed by atoms with Crippen molar-refractivity contribution >= 4 is 17.0 Å². The molecule has 0 aliphatic heterocycles. The molecule has 0 atom stereocenters. The van der Waals surface area contributed by atoms with Crippen molar-refractivity contribution in [1.29, 1.82) is 10.5 Å². The third-order valence-electron chi connectivity index (χ3n) is 3.88. The van der Waals surface area contributed by atoms with Gasteiger partial charge in [0.05, 0.1) is 11.1 Å². The van der Waals surface area contributed by atoms with E-state index in [9.17, 15) is 49.5 Å². The summed E-state index contributed by atoms with van der Waals surface area (Å²) >= 11 is 4.90. The molecule has 8 nitrogen and oxygen atoms in total. The zero-order chi connectivity index (χ0) is 88.0. The molecule has 0 aliphatic carbocycles. The van der Waals surface area contributed by atoms with Gasteiger partial charge in [0, 0.05) is 117 Å². The standard InChI is InChI=1S/2C7H3F3N2.C6H4F3NO.C3H6ClNO.29H2/c8-7(9,10)5-1-2-6(3-11)12-4-5;8-7(9,10)5-2-1-3-12-6(5)4-11;7-6(8,9)5-2-1-3-10(11)4-5;1-5(2)3(4)6;;;;;;;;;;;;;;;;;;;;;;;;;;;;;/h1-2,4H;1-3H;1-4H;1-2H3;29*1H/i;;;;28*1+2T;1+2. The maximum Gasteiger partial charge on any atom is 0.422 e. The van der Waals surface area contributed by atoms with Gasteiger partial charge in [0.25, 0.3) is 0 Å². The summed E-state index contributed by atoms with van der Waals surface area (Å²) in [5.41, 5.74) is -3.39. The summed E-state index contributed by atoms with van der Waals surface area (Å²) in [6.07, 6.45) is -10.1. The molecule has 0 aliphatic rings. The highest BCUT2D eigenvalue weighted by atomic mass is 35.5. The predicted molar refractivity (Wildman–Crippen MR) is 185 cm³/mol. The summed E-state index contributed by atoms with van der Waals surface area (Å²) in [6.45, 7) is 0. The van der Waals surface area contributed by atoms with Crippen LogP contribution in [0, 0.1) is 27.9 Å². The first kappa shape index (κ1) is 11.3. The van der Waals surface area contributed by atoms with E-state index in [-0.39, 0.29) is 11.9 Å². The lowest BCUT2D eigenvalue weighted by Crippen LogP contribution is -2.26. The van der Waals surface area contributed by atoms with Crippen LogP contribution in [-0.2, 0) is 18.5 Å². The Morgan fingerprint density at radius 1 is 0.927 bits per heavy atom. The first-order valence-corrected chi connectivity index (χ1v) is 10.6. The molecule has 0 fully saturated rings. The highest BCUT2D eigenvalue weighted by Crippen LogP contribution is 2.30. The summed E-state index contributed by atoms with van der Waals surface area (Å²) in [5, 5.41) is 26.4. The van der Waals surface area contributed by atoms with Gasteiger partial charge in [-0.2, -0.15) is 54.8 Å². The van der Waals surface area contributed by atoms with Crippen molar-refractivity contribution in [3.63, 3.8) is 0 Å². The van der Waals surface area contributed by atoms with Gasteiger partial charge in [-0.15, -0.1) is 0 Å². The maximum absolute atomic E-state index is 12.0. The molecule has 0 N–H and O–H groups in total. The zero-order valence-corrected chi connectivity index (χ0v) is 21.3. The van der Waals surface area contributed by atoms with Crippen LogP contribution in [0.5, 0.6) is 0 Å². The van der Waals surface area contributed by atoms with E-state index in [4.69, 9.17) is 105 Å². The minimum atomic E-state index is -4.50. The molecule has 3 rings (SSSR count). The number of carbonyl (C=O) groups excluding carboxylic acids is 1. The fraction of sp³-hybridized carbons (Fsp3) is 0.217. The van der Waals surface area contributed by atoms with Crippen molar-refractivity contribution in [2.45, 2.75) is 18.5 Å². The van der Waals surface area contributed by atoms with Crippen LogP contribution in [0.15, 0.2) is 61.2 Å². The number of carbonyl (C=O) groups is 1. The van der Waals surface area contributed by atoms with Crippen LogP contribution in [0.25, 0.3) is 0 Å². The summed E-state index contributed by atoms with van der Waals surface area (Å²) < 4.78 is 387. The number of nitriles is 2. The zero-order valence-electron chi connectivity index (χ0n) is 76.6. The molecular weight excluding hydrogens is 599 g/mol. The highest BCUT2D eigenvalue weighted by Gasteiger charge is 2.34. The average molecular weight is 788 g/mol. The fourth-order valence-electron chi connectivity index (χ4n) is 1.97. The average Bonchev–Trinajstić information content (AvgIpc) is 1.55. The first-order valence-electron chi connectivity index (χ1n) is 38.2. The van der Waals surface area contributed by atoms with Crippen LogP contribution in [0.4, 0.5) is 44.3 Å². The number of aromatic nitrogens is 3. The lowest BCUT2D eigenvalue weighted by atomic mass is 10.2. The van der Waals surface area contributed by atoms with E-state index in [1.165, 1.54) is 11.0 Å². The molecule has 0 spiro atoms.